The van der Waals surface area contributed by atoms with Gasteiger partial charge >= 0.3 is 12.1 Å². The number of thiazole rings is 1. The quantitative estimate of drug-likeness (QED) is 0.0321. The molecule has 7 atom stereocenters. The number of nitrogens with two attached hydrogens (primary N) is 1. The number of benzene rings is 1. The molecule has 15 nitrogen and oxygen atoms in total. The van der Waals surface area contributed by atoms with E-state index in [1.54, 1.807) is 25.3 Å². The summed E-state index contributed by atoms with van der Waals surface area (Å²) in [6.45, 7) is 14.1. The second-order valence-electron chi connectivity index (χ2n) is 17.9. The Bertz CT molecular complexity index is 1730. The normalized spacial score (nSPS) is 17.7. The maximum atomic E-state index is 15.0. The van der Waals surface area contributed by atoms with E-state index in [-0.39, 0.29) is 73.5 Å². The van der Waals surface area contributed by atoms with E-state index in [4.69, 9.17) is 15.5 Å². The van der Waals surface area contributed by atoms with Gasteiger partial charge in [0, 0.05) is 37.0 Å². The molecule has 1 aromatic carbocycles. The Hall–Kier alpha value is -3.90. The van der Waals surface area contributed by atoms with Crippen molar-refractivity contribution < 1.29 is 43.6 Å². The largest absolute Gasteiger partial charge is 0.481 e. The zero-order valence-electron chi connectivity index (χ0n) is 38.1. The van der Waals surface area contributed by atoms with Gasteiger partial charge in [0.1, 0.15) is 23.1 Å². The summed E-state index contributed by atoms with van der Waals surface area (Å²) >= 11 is 1.15. The van der Waals surface area contributed by atoms with Crippen LogP contribution in [-0.4, -0.2) is 111 Å². The van der Waals surface area contributed by atoms with Gasteiger partial charge in [-0.3, -0.25) is 24.6 Å². The number of rotatable bonds is 26. The lowest BCUT2D eigenvalue weighted by Crippen LogP contribution is -2.59. The molecule has 1 saturated heterocycles. The van der Waals surface area contributed by atoms with Gasteiger partial charge < -0.3 is 41.3 Å². The molecule has 0 spiro atoms. The van der Waals surface area contributed by atoms with Crippen LogP contribution in [0.3, 0.4) is 0 Å². The van der Waals surface area contributed by atoms with Crippen LogP contribution in [-0.2, 0) is 25.5 Å². The van der Waals surface area contributed by atoms with Crippen molar-refractivity contribution in [3.05, 3.63) is 45.7 Å². The van der Waals surface area contributed by atoms with Crippen LogP contribution in [0.25, 0.3) is 0 Å². The van der Waals surface area contributed by atoms with Crippen LogP contribution in [0.1, 0.15) is 141 Å². The average molecular weight is 892 g/mol. The minimum absolute atomic E-state index is 0.0190. The predicted octanol–water partition coefficient (Wildman–Crippen LogP) is 6.16. The first-order chi connectivity index (χ1) is 29.3. The van der Waals surface area contributed by atoms with Gasteiger partial charge in [0.05, 0.1) is 29.4 Å². The van der Waals surface area contributed by atoms with Gasteiger partial charge in [-0.2, -0.15) is 0 Å². The number of halogens is 1. The van der Waals surface area contributed by atoms with Crippen molar-refractivity contribution in [3.8, 4) is 0 Å². The number of carboxylic acid groups (broad SMARTS) is 1. The van der Waals surface area contributed by atoms with Crippen LogP contribution in [0.4, 0.5) is 14.9 Å². The highest BCUT2D eigenvalue weighted by atomic mass is 32.1. The van der Waals surface area contributed by atoms with E-state index in [9.17, 15) is 38.9 Å². The number of hydrogen-bond donors (Lipinski definition) is 7. The smallest absolute Gasteiger partial charge is 0.407 e. The number of aliphatic carboxylic acids is 1. The highest BCUT2D eigenvalue weighted by Crippen LogP contribution is 2.34. The number of nitrogens with one attached hydrogen (secondary N) is 3. The molecule has 0 radical (unpaired) electrons. The Labute approximate surface area is 371 Å². The molecule has 62 heavy (non-hydrogen) atoms. The fourth-order valence-electron chi connectivity index (χ4n) is 7.93. The minimum Gasteiger partial charge on any atom is -0.481 e. The third kappa shape index (κ3) is 15.7. The lowest BCUT2D eigenvalue weighted by atomic mass is 9.84. The van der Waals surface area contributed by atoms with Gasteiger partial charge in [-0.25, -0.2) is 14.2 Å². The number of alkyl carbamates (subject to hydrolysis) is 1. The number of carbonyl (C=O) groups is 4. The number of amides is 3. The number of likely N-dealkylation sites (N-methyl/N-ethyl adjacent to an activating group) is 1. The summed E-state index contributed by atoms with van der Waals surface area (Å²) in [5.74, 6) is -2.28. The van der Waals surface area contributed by atoms with Crippen LogP contribution < -0.4 is 21.7 Å². The zero-order valence-corrected chi connectivity index (χ0v) is 38.9. The van der Waals surface area contributed by atoms with E-state index in [0.29, 0.717) is 23.5 Å². The van der Waals surface area contributed by atoms with Crippen LogP contribution >= 0.6 is 11.3 Å². The first-order valence-electron chi connectivity index (χ1n) is 22.4. The van der Waals surface area contributed by atoms with Gasteiger partial charge in [-0.1, -0.05) is 72.8 Å². The van der Waals surface area contributed by atoms with Crippen molar-refractivity contribution >= 4 is 40.9 Å². The molecule has 1 fully saturated rings. The Morgan fingerprint density at radius 3 is 2.47 bits per heavy atom. The number of hydrogen-bond acceptors (Lipinski definition) is 12. The number of piperidine rings is 1. The van der Waals surface area contributed by atoms with Crippen LogP contribution in [0, 0.1) is 23.1 Å². The molecule has 1 unspecified atom stereocenters. The highest BCUT2D eigenvalue weighted by Gasteiger charge is 2.39. The summed E-state index contributed by atoms with van der Waals surface area (Å²) in [6, 6.07) is 2.15. The fraction of sp³-hybridized carbons (Fsp3) is 0.711. The number of nitrogen functional groups attached to an aromatic ring is 1. The second-order valence-corrected chi connectivity index (χ2v) is 18.8. The first-order valence-corrected chi connectivity index (χ1v) is 23.2. The number of likely N-dealkylation sites (tertiary alicyclic amines) is 1. The van der Waals surface area contributed by atoms with E-state index in [1.165, 1.54) is 12.1 Å². The number of ether oxygens (including phenoxy) is 1. The minimum atomic E-state index is -1.39. The molecular weight excluding hydrogens is 818 g/mol. The van der Waals surface area contributed by atoms with Crippen LogP contribution in [0.5, 0.6) is 0 Å². The molecular formula is C45H74FN7O8S. The lowest BCUT2D eigenvalue weighted by molar-refractivity contribution is -0.147. The number of aliphatic hydroxyl groups excluding tert-OH is 2. The molecule has 350 valence electrons. The van der Waals surface area contributed by atoms with E-state index in [0.717, 1.165) is 62.8 Å². The first kappa shape index (κ1) is 52.4. The van der Waals surface area contributed by atoms with Crippen molar-refractivity contribution in [2.24, 2.45) is 17.3 Å². The van der Waals surface area contributed by atoms with E-state index >= 15 is 0 Å². The van der Waals surface area contributed by atoms with Gasteiger partial charge in [-0.15, -0.1) is 11.3 Å². The molecule has 0 bridgehead atoms. The molecule has 1 aliphatic heterocycles. The molecule has 17 heteroatoms. The summed E-state index contributed by atoms with van der Waals surface area (Å²) in [5.41, 5.74) is 5.21. The third-order valence-electron chi connectivity index (χ3n) is 12.0. The van der Waals surface area contributed by atoms with Crippen LogP contribution in [0.15, 0.2) is 23.6 Å². The number of aliphatic hydroxyl groups is 2. The highest BCUT2D eigenvalue weighted by molar-refractivity contribution is 7.09. The van der Waals surface area contributed by atoms with Crippen LogP contribution in [0.2, 0.25) is 0 Å². The molecule has 3 rings (SSSR count). The molecule has 0 aliphatic carbocycles. The molecule has 1 aliphatic rings. The van der Waals surface area contributed by atoms with Crippen molar-refractivity contribution in [1.82, 2.24) is 30.7 Å². The van der Waals surface area contributed by atoms with Gasteiger partial charge in [-0.05, 0) is 89.1 Å². The van der Waals surface area contributed by atoms with Gasteiger partial charge in [0.2, 0.25) is 11.8 Å². The summed E-state index contributed by atoms with van der Waals surface area (Å²) in [6.07, 6.45) is 4.19. The molecule has 1 aromatic heterocycles. The topological polar surface area (TPSA) is 220 Å². The SMILES string of the molecule is CCCCCCN(C(=O)[C@@H](NC(=O)[C@H]1CCCCN1C)[C@@H](C)CC)[C@H](C[C@@H](OC(=O)NCCO)c1nc(C(O)N[C@@H](Cc2ccc(N)c(F)c2)CC(C)(C)C(=O)O)cs1)C(C)C. The summed E-state index contributed by atoms with van der Waals surface area (Å²) in [4.78, 5) is 62.7. The van der Waals surface area contributed by atoms with E-state index in [2.05, 4.69) is 22.9 Å². The van der Waals surface area contributed by atoms with Crippen molar-refractivity contribution in [2.45, 2.75) is 156 Å². The number of unbranched alkanes of at least 4 members (excludes halogenated alkanes) is 3. The average Bonchev–Trinajstić information content (AvgIpc) is 3.72. The van der Waals surface area contributed by atoms with Crippen molar-refractivity contribution in [2.75, 3.05) is 39.0 Å². The maximum Gasteiger partial charge on any atom is 0.407 e. The molecule has 2 heterocycles. The molecule has 3 amide bonds. The monoisotopic (exact) mass is 892 g/mol. The molecule has 2 aromatic rings. The number of carboxylic acids is 1. The third-order valence-corrected chi connectivity index (χ3v) is 13.0. The number of aromatic nitrogens is 1. The Morgan fingerprint density at radius 1 is 1.13 bits per heavy atom. The molecule has 0 saturated carbocycles. The summed E-state index contributed by atoms with van der Waals surface area (Å²) in [5, 5.41) is 41.6. The number of carbonyl (C=O) groups excluding carboxylic acids is 3. The lowest BCUT2D eigenvalue weighted by Gasteiger charge is -2.40. The summed E-state index contributed by atoms with van der Waals surface area (Å²) in [7, 11) is 1.94. The van der Waals surface area contributed by atoms with E-state index < -0.39 is 53.8 Å². The maximum absolute atomic E-state index is 15.0. The Kier molecular flexibility index (Phi) is 21.5. The zero-order chi connectivity index (χ0) is 46.1. The summed E-state index contributed by atoms with van der Waals surface area (Å²) < 4.78 is 20.4. The number of nitrogens with zero attached hydrogens (tertiary/aromatic N) is 3. The van der Waals surface area contributed by atoms with E-state index in [1.807, 2.05) is 44.5 Å². The van der Waals surface area contributed by atoms with Crippen molar-refractivity contribution in [1.29, 1.82) is 0 Å². The second kappa shape index (κ2) is 25.4. The van der Waals surface area contributed by atoms with Gasteiger partial charge in [0.25, 0.3) is 0 Å². The van der Waals surface area contributed by atoms with Crippen molar-refractivity contribution in [3.63, 3.8) is 0 Å². The predicted molar refractivity (Wildman–Crippen MR) is 240 cm³/mol. The number of anilines is 1. The standard InChI is InChI=1S/C45H74FN7O8S/c1-9-11-12-14-21-53(42(57)38(29(5)10-2)51-40(56)35-16-13-15-20-52(35)8)36(28(3)4)25-37(61-44(60)48-19-22-54)41-50-34(27-62-41)39(55)49-31(26-45(6,7)43(58)59)23-30-17-18-33(47)32(46)24-30/h17-18,24,27-29,31,35-39,49,54-55H,9-16,19-23,25-26,47H2,1-8H3,(H,48,60)(H,51,56)(H,58,59)/t29-,31-,35+,36+,37+,38-,39?/m0/s1. The Balaban J connectivity index is 2.00. The molecule has 8 N–H and O–H groups in total. The Morgan fingerprint density at radius 2 is 1.85 bits per heavy atom. The fourth-order valence-corrected chi connectivity index (χ4v) is 8.81. The van der Waals surface area contributed by atoms with Gasteiger partial charge in [0.15, 0.2) is 6.10 Å².